The molecule has 266 valence electrons. The summed E-state index contributed by atoms with van der Waals surface area (Å²) in [6.07, 6.45) is 0. The number of nitrogens with zero attached hydrogens (tertiary/aromatic N) is 4. The number of thiophene rings is 2. The Hall–Kier alpha value is -6.99. The third-order valence-electron chi connectivity index (χ3n) is 11.0. The van der Waals surface area contributed by atoms with E-state index >= 15 is 0 Å². The van der Waals surface area contributed by atoms with Crippen LogP contribution in [0.3, 0.4) is 0 Å². The SMILES string of the molecule is c1ccc(-c2nc(-c3ccccc3)nc(-c3ccc4c(c3)sc3cc(-c5ccc6c(c5)c5ccc7sc8ccccc8c7c5n6-c5ccccc5)ccc34)n2)cc1. The molecule has 12 aromatic rings. The Kier molecular flexibility index (Phi) is 7.24. The number of aromatic nitrogens is 4. The molecule has 0 bridgehead atoms. The number of hydrogen-bond donors (Lipinski definition) is 0. The summed E-state index contributed by atoms with van der Waals surface area (Å²) in [4.78, 5) is 14.9. The minimum Gasteiger partial charge on any atom is -0.309 e. The van der Waals surface area contributed by atoms with Gasteiger partial charge in [0.1, 0.15) is 0 Å². The van der Waals surface area contributed by atoms with Crippen LogP contribution in [0.5, 0.6) is 0 Å². The van der Waals surface area contributed by atoms with Crippen molar-refractivity contribution >= 4 is 84.8 Å². The zero-order valence-electron chi connectivity index (χ0n) is 30.4. The van der Waals surface area contributed by atoms with Gasteiger partial charge in [-0.1, -0.05) is 133 Å². The van der Waals surface area contributed by atoms with Crippen molar-refractivity contribution in [3.05, 3.63) is 182 Å². The van der Waals surface area contributed by atoms with Crippen molar-refractivity contribution in [2.24, 2.45) is 0 Å². The number of para-hydroxylation sites is 1. The van der Waals surface area contributed by atoms with Crippen LogP contribution in [0.4, 0.5) is 0 Å². The van der Waals surface area contributed by atoms with Crippen molar-refractivity contribution in [3.8, 4) is 51.0 Å². The molecule has 0 spiro atoms. The molecule has 6 heteroatoms. The summed E-state index contributed by atoms with van der Waals surface area (Å²) < 4.78 is 7.54. The van der Waals surface area contributed by atoms with Gasteiger partial charge in [0.25, 0.3) is 0 Å². The van der Waals surface area contributed by atoms with Gasteiger partial charge < -0.3 is 4.57 Å². The van der Waals surface area contributed by atoms with Crippen molar-refractivity contribution in [2.45, 2.75) is 0 Å². The maximum absolute atomic E-state index is 4.99. The largest absolute Gasteiger partial charge is 0.309 e. The molecule has 0 unspecified atom stereocenters. The van der Waals surface area contributed by atoms with E-state index in [9.17, 15) is 0 Å². The van der Waals surface area contributed by atoms with E-state index in [1.54, 1.807) is 0 Å². The summed E-state index contributed by atoms with van der Waals surface area (Å²) in [6, 6.07) is 65.0. The van der Waals surface area contributed by atoms with Crippen LogP contribution < -0.4 is 0 Å². The zero-order chi connectivity index (χ0) is 37.5. The van der Waals surface area contributed by atoms with Crippen molar-refractivity contribution in [2.75, 3.05) is 0 Å². The fraction of sp³-hybridized carbons (Fsp3) is 0. The van der Waals surface area contributed by atoms with E-state index in [0.717, 1.165) is 16.7 Å². The molecule has 57 heavy (non-hydrogen) atoms. The fourth-order valence-corrected chi connectivity index (χ4v) is 10.7. The first-order valence-electron chi connectivity index (χ1n) is 19.0. The molecule has 0 radical (unpaired) electrons. The molecular weight excluding hydrogens is 733 g/mol. The second-order valence-electron chi connectivity index (χ2n) is 14.4. The van der Waals surface area contributed by atoms with E-state index in [1.165, 1.54) is 79.0 Å². The molecule has 0 atom stereocenters. The molecule has 0 amide bonds. The summed E-state index contributed by atoms with van der Waals surface area (Å²) in [7, 11) is 0. The quantitative estimate of drug-likeness (QED) is 0.175. The van der Waals surface area contributed by atoms with Crippen molar-refractivity contribution in [1.29, 1.82) is 0 Å². The maximum Gasteiger partial charge on any atom is 0.164 e. The van der Waals surface area contributed by atoms with Crippen molar-refractivity contribution < 1.29 is 0 Å². The van der Waals surface area contributed by atoms with Gasteiger partial charge in [-0.2, -0.15) is 0 Å². The van der Waals surface area contributed by atoms with Gasteiger partial charge in [-0.15, -0.1) is 22.7 Å². The maximum atomic E-state index is 4.99. The zero-order valence-corrected chi connectivity index (χ0v) is 32.1. The van der Waals surface area contributed by atoms with Crippen LogP contribution in [0.2, 0.25) is 0 Å². The molecule has 8 aromatic carbocycles. The van der Waals surface area contributed by atoms with Crippen LogP contribution in [0, 0.1) is 0 Å². The van der Waals surface area contributed by atoms with Gasteiger partial charge in [-0.3, -0.25) is 0 Å². The number of fused-ring (bicyclic) bond motifs is 10. The van der Waals surface area contributed by atoms with E-state index in [1.807, 2.05) is 83.3 Å². The second-order valence-corrected chi connectivity index (χ2v) is 16.6. The minimum atomic E-state index is 0.664. The number of benzene rings is 8. The van der Waals surface area contributed by atoms with Gasteiger partial charge in [0.15, 0.2) is 17.5 Å². The molecule has 0 aliphatic carbocycles. The molecule has 4 aromatic heterocycles. The summed E-state index contributed by atoms with van der Waals surface area (Å²) >= 11 is 3.69. The highest BCUT2D eigenvalue weighted by molar-refractivity contribution is 7.26. The highest BCUT2D eigenvalue weighted by Crippen LogP contribution is 2.44. The normalized spacial score (nSPS) is 11.9. The minimum absolute atomic E-state index is 0.664. The first-order valence-corrected chi connectivity index (χ1v) is 20.6. The monoisotopic (exact) mass is 762 g/mol. The summed E-state index contributed by atoms with van der Waals surface area (Å²) in [5.41, 5.74) is 8.96. The molecule has 0 aliphatic rings. The highest BCUT2D eigenvalue weighted by Gasteiger charge is 2.19. The Bertz CT molecular complexity index is 3450. The van der Waals surface area contributed by atoms with E-state index < -0.39 is 0 Å². The lowest BCUT2D eigenvalue weighted by Crippen LogP contribution is -1.99. The third kappa shape index (κ3) is 5.22. The Balaban J connectivity index is 0.991. The van der Waals surface area contributed by atoms with Gasteiger partial charge in [-0.25, -0.2) is 15.0 Å². The summed E-state index contributed by atoms with van der Waals surface area (Å²) in [6.45, 7) is 0. The van der Waals surface area contributed by atoms with Crippen LogP contribution in [0.25, 0.3) is 113 Å². The Morgan fingerprint density at radius 3 is 1.56 bits per heavy atom. The Morgan fingerprint density at radius 1 is 0.333 bits per heavy atom. The average Bonchev–Trinajstić information content (AvgIpc) is 3.95. The predicted octanol–water partition coefficient (Wildman–Crippen LogP) is 14.4. The molecule has 4 heterocycles. The van der Waals surface area contributed by atoms with Crippen LogP contribution in [-0.2, 0) is 0 Å². The van der Waals surface area contributed by atoms with E-state index in [-0.39, 0.29) is 0 Å². The lowest BCUT2D eigenvalue weighted by atomic mass is 10.0. The summed E-state index contributed by atoms with van der Waals surface area (Å²) in [5, 5.41) is 7.65. The van der Waals surface area contributed by atoms with E-state index in [4.69, 9.17) is 15.0 Å². The first kappa shape index (κ1) is 32.3. The van der Waals surface area contributed by atoms with Crippen LogP contribution in [-0.4, -0.2) is 19.5 Å². The summed E-state index contributed by atoms with van der Waals surface area (Å²) in [5.74, 6) is 1.99. The fourth-order valence-electron chi connectivity index (χ4n) is 8.37. The van der Waals surface area contributed by atoms with E-state index in [0.29, 0.717) is 17.5 Å². The molecule has 12 rings (SSSR count). The standard InChI is InChI=1S/C51H30N4S2/c1-4-12-31(13-5-1)49-52-50(32-14-6-2-7-15-32)54-51(53-49)35-21-24-38-37-23-20-34(29-45(37)57-46(38)30-35)33-22-26-42-41(28-33)39-25-27-44-47(40-18-10-11-19-43(40)56-44)48(39)55(42)36-16-8-3-9-17-36/h1-30H. The van der Waals surface area contributed by atoms with Gasteiger partial charge in [0.2, 0.25) is 0 Å². The van der Waals surface area contributed by atoms with Gasteiger partial charge in [0, 0.05) is 73.5 Å². The molecule has 0 N–H and O–H groups in total. The van der Waals surface area contributed by atoms with Crippen LogP contribution >= 0.6 is 22.7 Å². The predicted molar refractivity (Wildman–Crippen MR) is 242 cm³/mol. The van der Waals surface area contributed by atoms with Gasteiger partial charge in [0.05, 0.1) is 11.0 Å². The number of hydrogen-bond acceptors (Lipinski definition) is 5. The van der Waals surface area contributed by atoms with Crippen LogP contribution in [0.15, 0.2) is 182 Å². The molecule has 0 saturated heterocycles. The molecule has 4 nitrogen and oxygen atoms in total. The van der Waals surface area contributed by atoms with Gasteiger partial charge >= 0.3 is 0 Å². The molecule has 0 fully saturated rings. The molecule has 0 aliphatic heterocycles. The van der Waals surface area contributed by atoms with Crippen molar-refractivity contribution in [1.82, 2.24) is 19.5 Å². The van der Waals surface area contributed by atoms with Gasteiger partial charge in [-0.05, 0) is 59.7 Å². The number of rotatable bonds is 5. The second kappa shape index (κ2) is 12.8. The van der Waals surface area contributed by atoms with E-state index in [2.05, 4.69) is 126 Å². The smallest absolute Gasteiger partial charge is 0.164 e. The molecule has 0 saturated carbocycles. The first-order chi connectivity index (χ1) is 28.2. The highest BCUT2D eigenvalue weighted by atomic mass is 32.1. The average molecular weight is 763 g/mol. The van der Waals surface area contributed by atoms with Crippen LogP contribution in [0.1, 0.15) is 0 Å². The lowest BCUT2D eigenvalue weighted by molar-refractivity contribution is 1.07. The topological polar surface area (TPSA) is 43.6 Å². The Morgan fingerprint density at radius 2 is 0.860 bits per heavy atom. The molecular formula is C51H30N4S2. The third-order valence-corrected chi connectivity index (χ3v) is 13.3. The lowest BCUT2D eigenvalue weighted by Gasteiger charge is -2.09. The van der Waals surface area contributed by atoms with Crippen molar-refractivity contribution in [3.63, 3.8) is 0 Å². The Labute approximate surface area is 335 Å².